The van der Waals surface area contributed by atoms with E-state index in [-0.39, 0.29) is 39.6 Å². The molecule has 0 radical (unpaired) electrons. The summed E-state index contributed by atoms with van der Waals surface area (Å²) in [4.78, 5) is 6.03. The lowest BCUT2D eigenvalue weighted by atomic mass is 10.3. The van der Waals surface area contributed by atoms with Crippen LogP contribution in [0.2, 0.25) is 0 Å². The van der Waals surface area contributed by atoms with Crippen molar-refractivity contribution in [3.8, 4) is 0 Å². The monoisotopic (exact) mass is 2180 g/mol. The van der Waals surface area contributed by atoms with Gasteiger partial charge < -0.3 is 198 Å². The molecule has 0 aromatic heterocycles. The summed E-state index contributed by atoms with van der Waals surface area (Å²) in [5, 5.41) is 0. The Morgan fingerprint density at radius 2 is 0.240 bits per heavy atom. The van der Waals surface area contributed by atoms with Crippen LogP contribution in [0.4, 0.5) is 0 Å². The topological polar surface area (TPSA) is 502 Å². The average molecular weight is 2180 g/mol. The van der Waals surface area contributed by atoms with Crippen LogP contribution in [0, 0.1) is 0 Å². The van der Waals surface area contributed by atoms with Gasteiger partial charge in [0.15, 0.2) is 0 Å². The summed E-state index contributed by atoms with van der Waals surface area (Å²) in [6.07, 6.45) is 5.64. The molecule has 0 amide bonds. The van der Waals surface area contributed by atoms with Crippen LogP contribution in [-0.2, 0) is 219 Å². The van der Waals surface area contributed by atoms with Gasteiger partial charge in [0.1, 0.15) is 19.7 Å². The fourth-order valence-electron chi connectivity index (χ4n) is 11.2. The van der Waals surface area contributed by atoms with E-state index in [9.17, 15) is 25.9 Å². The fourth-order valence-corrected chi connectivity index (χ4v) is 11.7. The average Bonchev–Trinajstić information content (AvgIpc) is 0.940. The molecule has 0 aliphatic carbocycles. The lowest BCUT2D eigenvalue weighted by Gasteiger charge is -2.29. The zero-order chi connectivity index (χ0) is 105. The van der Waals surface area contributed by atoms with Crippen molar-refractivity contribution in [2.75, 3.05) is 583 Å². The first-order chi connectivity index (χ1) is 71.6. The molecule has 0 aliphatic rings. The highest BCUT2D eigenvalue weighted by Crippen LogP contribution is 2.06. The second-order valence-electron chi connectivity index (χ2n) is 32.0. The molecule has 0 aliphatic heterocycles. The second-order valence-corrected chi connectivity index (χ2v) is 34.1. The molecular formula is C94H192N2O48S2. The summed E-state index contributed by atoms with van der Waals surface area (Å²) in [7, 11) is -0.862. The van der Waals surface area contributed by atoms with Crippen LogP contribution in [0.25, 0.3) is 0 Å². The highest BCUT2D eigenvalue weighted by Gasteiger charge is 2.18. The van der Waals surface area contributed by atoms with Crippen molar-refractivity contribution < 1.29 is 233 Å². The van der Waals surface area contributed by atoms with Crippen molar-refractivity contribution >= 4 is 20.8 Å². The minimum absolute atomic E-state index is 0.0201. The van der Waals surface area contributed by atoms with Crippen LogP contribution >= 0.6 is 0 Å². The predicted molar refractivity (Wildman–Crippen MR) is 526 cm³/mol. The molecule has 0 spiro atoms. The maximum absolute atomic E-state index is 10.3. The van der Waals surface area contributed by atoms with Gasteiger partial charge in [-0.2, -0.15) is 4.65 Å². The smallest absolute Gasteiger partial charge is 0.217 e. The second kappa shape index (κ2) is 122. The van der Waals surface area contributed by atoms with Crippen LogP contribution in [0.3, 0.4) is 0 Å². The van der Waals surface area contributed by atoms with Gasteiger partial charge in [-0.05, 0) is 25.7 Å². The first kappa shape index (κ1) is 144. The molecular weight excluding hydrogens is 1990 g/mol. The highest BCUT2D eigenvalue weighted by molar-refractivity contribution is 7.81. The molecule has 0 saturated heterocycles. The molecule has 0 aromatic carbocycles. The number of hydrogen-bond acceptors (Lipinski definition) is 48. The zero-order valence-electron chi connectivity index (χ0n) is 88.9. The number of nitrogens with zero attached hydrogens (tertiary/aromatic N) is 2. The van der Waals surface area contributed by atoms with Crippen molar-refractivity contribution in [1.82, 2.24) is 0 Å². The van der Waals surface area contributed by atoms with Crippen LogP contribution in [0.1, 0.15) is 38.5 Å². The fraction of sp³-hybridized carbons (Fsp3) is 1.00. The van der Waals surface area contributed by atoms with Crippen LogP contribution in [0.15, 0.2) is 0 Å². The van der Waals surface area contributed by atoms with Crippen LogP contribution in [-0.4, -0.2) is 618 Å². The maximum Gasteiger partial charge on any atom is 0.217 e. The molecule has 52 heteroatoms. The van der Waals surface area contributed by atoms with Gasteiger partial charge in [0.25, 0.3) is 0 Å². The Kier molecular flexibility index (Phi) is 120. The first-order valence-electron chi connectivity index (χ1n) is 51.6. The van der Waals surface area contributed by atoms with E-state index in [0.29, 0.717) is 480 Å². The molecule has 0 fully saturated rings. The molecule has 146 heavy (non-hydrogen) atoms. The molecule has 0 unspecified atom stereocenters. The van der Waals surface area contributed by atoms with E-state index in [2.05, 4.69) is 22.5 Å². The summed E-state index contributed by atoms with van der Waals surface area (Å²) in [5.74, 6) is 0. The summed E-state index contributed by atoms with van der Waals surface area (Å²) in [6.45, 7) is 38.9. The van der Waals surface area contributed by atoms with Crippen molar-refractivity contribution in [3.63, 3.8) is 0 Å². The summed E-state index contributed by atoms with van der Waals surface area (Å²) in [6, 6.07) is 0. The number of hydrogen-bond donors (Lipinski definition) is 0. The first-order valence-corrected chi connectivity index (χ1v) is 54.3. The Bertz CT molecular complexity index is 2520. The van der Waals surface area contributed by atoms with Crippen molar-refractivity contribution in [2.45, 2.75) is 38.5 Å². The van der Waals surface area contributed by atoms with E-state index in [1.54, 1.807) is 0 Å². The number of quaternary nitrogens is 2. The summed E-state index contributed by atoms with van der Waals surface area (Å²) in [5.41, 5.74) is 0. The van der Waals surface area contributed by atoms with Gasteiger partial charge in [-0.3, -0.25) is 8.37 Å². The molecule has 0 atom stereocenters. The minimum Gasteiger partial charge on any atom is -0.726 e. The van der Waals surface area contributed by atoms with E-state index in [1.807, 2.05) is 14.1 Å². The quantitative estimate of drug-likeness (QED) is 0.0270. The number of rotatable bonds is 135. The maximum atomic E-state index is 10.3. The number of unbranched alkanes of at least 4 members (excludes halogenated alkanes) is 2. The Hall–Kier alpha value is -1.94. The molecule has 0 saturated carbocycles. The molecule has 50 nitrogen and oxygen atoms in total. The Morgan fingerprint density at radius 1 is 0.130 bits per heavy atom. The summed E-state index contributed by atoms with van der Waals surface area (Å²) >= 11 is 0. The largest absolute Gasteiger partial charge is 0.726 e. The normalized spacial score (nSPS) is 12.3. The number of ether oxygens (including phenoxy) is 39. The van der Waals surface area contributed by atoms with Gasteiger partial charge in [-0.1, -0.05) is 0 Å². The molecule has 0 heterocycles. The van der Waals surface area contributed by atoms with Gasteiger partial charge >= 0.3 is 0 Å². The van der Waals surface area contributed by atoms with Crippen LogP contribution < -0.4 is 0 Å². The number of hydroxylamine groups is 3. The Labute approximate surface area is 871 Å². The third-order valence-corrected chi connectivity index (χ3v) is 19.7. The minimum atomic E-state index is -4.69. The van der Waals surface area contributed by atoms with Crippen molar-refractivity contribution in [1.29, 1.82) is 0 Å². The molecule has 0 aromatic rings. The van der Waals surface area contributed by atoms with Gasteiger partial charge in [-0.25, -0.2) is 21.7 Å². The molecule has 0 rings (SSSR count). The van der Waals surface area contributed by atoms with E-state index >= 15 is 0 Å². The van der Waals surface area contributed by atoms with Crippen molar-refractivity contribution in [2.24, 2.45) is 0 Å². The van der Waals surface area contributed by atoms with Gasteiger partial charge in [0.2, 0.25) is 20.8 Å². The lowest BCUT2D eigenvalue weighted by Crippen LogP contribution is -2.43. The van der Waals surface area contributed by atoms with Gasteiger partial charge in [0.05, 0.1) is 537 Å². The SMILES string of the molecule is C[N+](C)(CCCOCCCCOCCC[N+](C)(C)OCCOCCOCCOCCOCCOCCOCCOCCOCCOCCCCOCCOCCOCCOCCOCCOCCOCCOCCOCCOS(=O)(=O)[O-])CCOCCOCCOCCOCCOCCOCCOCCOCCOCCOCCOCCOCCOCCOCCOCCOCCOCCOCCOCCOS(=O)(=O)[O-]. The van der Waals surface area contributed by atoms with E-state index < -0.39 is 20.8 Å². The lowest BCUT2D eigenvalue weighted by molar-refractivity contribution is -1.08. The van der Waals surface area contributed by atoms with Gasteiger partial charge in [-0.15, -0.1) is 0 Å². The zero-order valence-corrected chi connectivity index (χ0v) is 90.6. The van der Waals surface area contributed by atoms with Crippen molar-refractivity contribution in [3.05, 3.63) is 0 Å². The summed E-state index contributed by atoms with van der Waals surface area (Å²) < 4.78 is 287. The molecule has 878 valence electrons. The van der Waals surface area contributed by atoms with E-state index in [4.69, 9.17) is 190 Å². The predicted octanol–water partition coefficient (Wildman–Crippen LogP) is 1.01. The Balaban J connectivity index is 3.25. The van der Waals surface area contributed by atoms with Crippen LogP contribution in [0.5, 0.6) is 0 Å². The van der Waals surface area contributed by atoms with E-state index in [0.717, 1.165) is 82.5 Å². The molecule has 0 bridgehead atoms. The number of likely N-dealkylation sites (N-methyl/N-ethyl adjacent to an activating group) is 1. The van der Waals surface area contributed by atoms with Gasteiger partial charge in [0, 0.05) is 39.3 Å². The standard InChI is InChI=1S/C94H192N2O48S2/c1-95(2,13-20-107-23-26-110-29-32-113-35-38-116-41-44-119-45-46-120-47-48-121-49-50-122-51-52-123-53-54-124-55-56-125-57-58-126-59-60-127-61-62-128-63-64-129-67-70-132-73-76-135-79-82-138-85-88-141-91-94-144-146(100,101)102)11-9-18-103-14-5-6-15-104-19-10-12-96(3,4)142-92-89-139-86-83-136-80-77-133-74-71-130-68-65-117-42-39-114-36-33-111-30-27-108-24-21-105-16-7-8-17-106-22-25-109-28-31-112-34-37-115-40-43-118-66-69-131-72-75-134-78-81-137-84-87-140-90-93-143-145(97,98)99/h5-94H2,1-4H3. The molecule has 0 N–H and O–H groups in total. The third kappa shape index (κ3) is 134. The Morgan fingerprint density at radius 3 is 0.390 bits per heavy atom. The third-order valence-electron chi connectivity index (χ3n) is 18.8. The highest BCUT2D eigenvalue weighted by atomic mass is 32.3. The van der Waals surface area contributed by atoms with E-state index in [1.165, 1.54) is 0 Å².